The van der Waals surface area contributed by atoms with Crippen LogP contribution in [-0.2, 0) is 15.9 Å². The zero-order chi connectivity index (χ0) is 20.8. The van der Waals surface area contributed by atoms with Crippen molar-refractivity contribution in [2.45, 2.75) is 13.3 Å². The summed E-state index contributed by atoms with van der Waals surface area (Å²) in [4.78, 5) is 13.2. The average molecular weight is 396 g/mol. The summed E-state index contributed by atoms with van der Waals surface area (Å²) < 4.78 is 27.7. The monoisotopic (exact) mass is 396 g/mol. The first-order chi connectivity index (χ1) is 14.1. The molecule has 0 radical (unpaired) electrons. The molecule has 1 heterocycles. The highest BCUT2D eigenvalue weighted by molar-refractivity contribution is 6.17. The number of ketones is 1. The molecule has 6 nitrogen and oxygen atoms in total. The van der Waals surface area contributed by atoms with Crippen molar-refractivity contribution in [1.29, 1.82) is 0 Å². The molecule has 0 aromatic heterocycles. The van der Waals surface area contributed by atoms with Crippen molar-refractivity contribution < 1.29 is 28.5 Å². The Morgan fingerprint density at radius 3 is 2.31 bits per heavy atom. The Bertz CT molecular complexity index is 930. The molecule has 0 aliphatic carbocycles. The molecule has 0 saturated carbocycles. The Labute approximate surface area is 170 Å². The molecule has 2 aromatic carbocycles. The van der Waals surface area contributed by atoms with Crippen molar-refractivity contribution >= 4 is 11.9 Å². The summed E-state index contributed by atoms with van der Waals surface area (Å²) in [5, 5.41) is 0. The smallest absolute Gasteiger partial charge is 0.235 e. The third-order valence-electron chi connectivity index (χ3n) is 4.43. The number of hydrogen-bond donors (Lipinski definition) is 0. The van der Waals surface area contributed by atoms with E-state index in [1.165, 1.54) is 7.11 Å². The molecule has 1 aliphatic heterocycles. The minimum Gasteiger partial charge on any atom is -0.467 e. The lowest BCUT2D eigenvalue weighted by Gasteiger charge is -2.19. The van der Waals surface area contributed by atoms with Gasteiger partial charge in [-0.3, -0.25) is 4.79 Å². The number of hydrogen-bond acceptors (Lipinski definition) is 6. The van der Waals surface area contributed by atoms with Crippen molar-refractivity contribution in [2.75, 3.05) is 27.8 Å². The van der Waals surface area contributed by atoms with Crippen LogP contribution in [0.25, 0.3) is 6.08 Å². The van der Waals surface area contributed by atoms with E-state index >= 15 is 0 Å². The molecule has 0 N–H and O–H groups in total. The summed E-state index contributed by atoms with van der Waals surface area (Å²) >= 11 is 0. The minimum absolute atomic E-state index is 0.0111. The Kier molecular flexibility index (Phi) is 6.69. The zero-order valence-corrected chi connectivity index (χ0v) is 16.8. The number of methoxy groups -OCH3 is 2. The number of fused-ring (bicyclic) bond motifs is 1. The zero-order valence-electron chi connectivity index (χ0n) is 16.8. The van der Waals surface area contributed by atoms with Crippen LogP contribution in [0.15, 0.2) is 48.7 Å². The molecule has 0 atom stereocenters. The quantitative estimate of drug-likeness (QED) is 0.358. The van der Waals surface area contributed by atoms with Crippen molar-refractivity contribution in [3.8, 4) is 17.2 Å². The molecule has 29 heavy (non-hydrogen) atoms. The van der Waals surface area contributed by atoms with Gasteiger partial charge in [0.1, 0.15) is 22.8 Å². The third-order valence-corrected chi connectivity index (χ3v) is 4.43. The van der Waals surface area contributed by atoms with Gasteiger partial charge in [0.25, 0.3) is 0 Å². The maximum Gasteiger partial charge on any atom is 0.235 e. The first-order valence-corrected chi connectivity index (χ1v) is 9.15. The number of benzene rings is 2. The van der Waals surface area contributed by atoms with Crippen molar-refractivity contribution in [2.24, 2.45) is 0 Å². The molecule has 0 fully saturated rings. The van der Waals surface area contributed by atoms with E-state index < -0.39 is 0 Å². The molecular weight excluding hydrogens is 372 g/mol. The van der Waals surface area contributed by atoms with Crippen molar-refractivity contribution in [1.82, 2.24) is 0 Å². The van der Waals surface area contributed by atoms with Gasteiger partial charge in [0.2, 0.25) is 5.78 Å². The van der Waals surface area contributed by atoms with Crippen molar-refractivity contribution in [3.63, 3.8) is 0 Å². The van der Waals surface area contributed by atoms with Gasteiger partial charge in [-0.15, -0.1) is 6.58 Å². The highest BCUT2D eigenvalue weighted by atomic mass is 16.7. The van der Waals surface area contributed by atoms with E-state index in [9.17, 15) is 4.79 Å². The minimum atomic E-state index is -0.248. The second-order valence-electron chi connectivity index (χ2n) is 6.41. The topological polar surface area (TPSA) is 63.2 Å². The lowest BCUT2D eigenvalue weighted by molar-refractivity contribution is 0.0442. The Morgan fingerprint density at radius 2 is 1.69 bits per heavy atom. The van der Waals surface area contributed by atoms with Gasteiger partial charge in [0, 0.05) is 25.3 Å². The molecule has 2 aromatic rings. The number of allylic oxidation sites excluding steroid dienone is 2. The average Bonchev–Trinajstić information content (AvgIpc) is 3.04. The Morgan fingerprint density at radius 1 is 1.03 bits per heavy atom. The molecule has 0 unspecified atom stereocenters. The van der Waals surface area contributed by atoms with Gasteiger partial charge in [-0.2, -0.15) is 0 Å². The molecule has 0 amide bonds. The van der Waals surface area contributed by atoms with Crippen LogP contribution in [0.1, 0.15) is 27.0 Å². The fourth-order valence-corrected chi connectivity index (χ4v) is 3.21. The highest BCUT2D eigenvalue weighted by Crippen LogP contribution is 2.48. The molecule has 1 aliphatic rings. The molecule has 152 valence electrons. The second kappa shape index (κ2) is 9.41. The Balaban J connectivity index is 2.17. The van der Waals surface area contributed by atoms with Gasteiger partial charge in [-0.1, -0.05) is 36.4 Å². The summed E-state index contributed by atoms with van der Waals surface area (Å²) in [5.74, 6) is 1.32. The van der Waals surface area contributed by atoms with Gasteiger partial charge in [-0.05, 0) is 25.0 Å². The van der Waals surface area contributed by atoms with Crippen LogP contribution >= 0.6 is 0 Å². The van der Waals surface area contributed by atoms with E-state index in [4.69, 9.17) is 23.7 Å². The van der Waals surface area contributed by atoms with E-state index in [2.05, 4.69) is 6.58 Å². The normalized spacial score (nSPS) is 13.9. The predicted molar refractivity (Wildman–Crippen MR) is 109 cm³/mol. The van der Waals surface area contributed by atoms with Crippen LogP contribution in [0.4, 0.5) is 0 Å². The SMILES string of the molecule is C=CCc1c(OCOC)c(C)c(OCOC)c2c1O/C(=C\c1ccccc1)C2=O. The number of rotatable bonds is 9. The van der Waals surface area contributed by atoms with Crippen LogP contribution in [0.3, 0.4) is 0 Å². The summed E-state index contributed by atoms with van der Waals surface area (Å²) in [6, 6.07) is 9.51. The number of Topliss-reactive ketones (excluding diaryl/α,β-unsaturated/α-hetero) is 1. The third kappa shape index (κ3) is 4.18. The van der Waals surface area contributed by atoms with Gasteiger partial charge < -0.3 is 23.7 Å². The fourth-order valence-electron chi connectivity index (χ4n) is 3.21. The van der Waals surface area contributed by atoms with Crippen molar-refractivity contribution in [3.05, 3.63) is 71.0 Å². The summed E-state index contributed by atoms with van der Waals surface area (Å²) in [7, 11) is 3.06. The predicted octanol–water partition coefficient (Wildman–Crippen LogP) is 4.31. The number of carbonyl (C=O) groups is 1. The summed E-state index contributed by atoms with van der Waals surface area (Å²) in [6.07, 6.45) is 3.90. The van der Waals surface area contributed by atoms with Crippen LogP contribution in [-0.4, -0.2) is 33.6 Å². The molecular formula is C23H24O6. The molecule has 0 bridgehead atoms. The molecule has 0 spiro atoms. The van der Waals surface area contributed by atoms with Gasteiger partial charge in [-0.25, -0.2) is 0 Å². The lowest BCUT2D eigenvalue weighted by Crippen LogP contribution is -2.10. The van der Waals surface area contributed by atoms with E-state index in [-0.39, 0.29) is 25.1 Å². The Hall–Kier alpha value is -3.09. The summed E-state index contributed by atoms with van der Waals surface area (Å²) in [5.41, 5.74) is 2.62. The molecule has 3 rings (SSSR count). The standard InChI is InChI=1S/C23H24O6/c1-5-9-17-21(27-13-25-3)15(2)22(28-14-26-4)19-20(24)18(29-23(17)19)12-16-10-7-6-8-11-16/h5-8,10-12H,1,9,13-14H2,2-4H3/b18-12-. The van der Waals surface area contributed by atoms with Gasteiger partial charge in [0.15, 0.2) is 19.3 Å². The molecule has 6 heteroatoms. The van der Waals surface area contributed by atoms with E-state index in [0.717, 1.165) is 11.1 Å². The van der Waals surface area contributed by atoms with Crippen LogP contribution < -0.4 is 14.2 Å². The van der Waals surface area contributed by atoms with Gasteiger partial charge >= 0.3 is 0 Å². The van der Waals surface area contributed by atoms with Crippen LogP contribution in [0.5, 0.6) is 17.2 Å². The second-order valence-corrected chi connectivity index (χ2v) is 6.41. The molecule has 0 saturated heterocycles. The van der Waals surface area contributed by atoms with Crippen LogP contribution in [0, 0.1) is 6.92 Å². The summed E-state index contributed by atoms with van der Waals surface area (Å²) in [6.45, 7) is 5.68. The first kappa shape index (κ1) is 20.6. The van der Waals surface area contributed by atoms with Crippen LogP contribution in [0.2, 0.25) is 0 Å². The van der Waals surface area contributed by atoms with E-state index in [1.807, 2.05) is 37.3 Å². The lowest BCUT2D eigenvalue weighted by atomic mass is 9.97. The largest absolute Gasteiger partial charge is 0.467 e. The van der Waals surface area contributed by atoms with E-state index in [1.54, 1.807) is 19.3 Å². The fraction of sp³-hybridized carbons (Fsp3) is 0.261. The highest BCUT2D eigenvalue weighted by Gasteiger charge is 2.37. The first-order valence-electron chi connectivity index (χ1n) is 9.15. The number of ether oxygens (including phenoxy) is 5. The van der Waals surface area contributed by atoms with Gasteiger partial charge in [0.05, 0.1) is 0 Å². The number of carbonyl (C=O) groups excluding carboxylic acids is 1. The maximum atomic E-state index is 13.2. The van der Waals surface area contributed by atoms with E-state index in [0.29, 0.717) is 34.8 Å². The maximum absolute atomic E-state index is 13.2.